The highest BCUT2D eigenvalue weighted by Crippen LogP contribution is 2.25. The number of pyridine rings is 1. The van der Waals surface area contributed by atoms with Gasteiger partial charge in [0.15, 0.2) is 0 Å². The number of ether oxygens (including phenoxy) is 1. The first-order valence-corrected chi connectivity index (χ1v) is 7.19. The van der Waals surface area contributed by atoms with E-state index in [0.717, 1.165) is 16.6 Å². The SMILES string of the molecule is COC(=O)C1CCCN1S(=O)(=O)c1ccc(=O)[nH]c1. The zero-order valence-corrected chi connectivity index (χ0v) is 11.1. The molecule has 0 spiro atoms. The Kier molecular flexibility index (Phi) is 3.72. The third-order valence-electron chi connectivity index (χ3n) is 3.04. The molecule has 1 aromatic rings. The van der Waals surface area contributed by atoms with E-state index in [4.69, 9.17) is 0 Å². The minimum absolute atomic E-state index is 0.0390. The van der Waals surface area contributed by atoms with Crippen LogP contribution in [0, 0.1) is 0 Å². The lowest BCUT2D eigenvalue weighted by molar-refractivity contribution is -0.144. The Labute approximate surface area is 110 Å². The third-order valence-corrected chi connectivity index (χ3v) is 4.94. The molecule has 1 fully saturated rings. The topological polar surface area (TPSA) is 96.5 Å². The van der Waals surface area contributed by atoms with Gasteiger partial charge in [-0.2, -0.15) is 4.31 Å². The molecular weight excluding hydrogens is 272 g/mol. The number of methoxy groups -OCH3 is 1. The zero-order chi connectivity index (χ0) is 14.0. The molecule has 0 bridgehead atoms. The van der Waals surface area contributed by atoms with Crippen molar-refractivity contribution in [2.75, 3.05) is 13.7 Å². The van der Waals surface area contributed by atoms with Crippen LogP contribution in [-0.4, -0.2) is 43.4 Å². The van der Waals surface area contributed by atoms with Crippen LogP contribution in [0.2, 0.25) is 0 Å². The van der Waals surface area contributed by atoms with Crippen LogP contribution in [0.1, 0.15) is 12.8 Å². The van der Waals surface area contributed by atoms with Gasteiger partial charge < -0.3 is 9.72 Å². The van der Waals surface area contributed by atoms with Gasteiger partial charge in [0.1, 0.15) is 6.04 Å². The smallest absolute Gasteiger partial charge is 0.324 e. The first kappa shape index (κ1) is 13.8. The summed E-state index contributed by atoms with van der Waals surface area (Å²) in [5.74, 6) is -0.564. The van der Waals surface area contributed by atoms with E-state index in [0.29, 0.717) is 12.8 Å². The lowest BCUT2D eigenvalue weighted by Gasteiger charge is -2.21. The Bertz CT molecular complexity index is 616. The number of hydrogen-bond acceptors (Lipinski definition) is 5. The summed E-state index contributed by atoms with van der Waals surface area (Å²) in [6.45, 7) is 0.265. The van der Waals surface area contributed by atoms with Crippen molar-refractivity contribution in [3.63, 3.8) is 0 Å². The average molecular weight is 286 g/mol. The molecule has 1 aliphatic rings. The van der Waals surface area contributed by atoms with E-state index in [9.17, 15) is 18.0 Å². The number of aromatic amines is 1. The lowest BCUT2D eigenvalue weighted by atomic mass is 10.2. The number of rotatable bonds is 3. The van der Waals surface area contributed by atoms with Gasteiger partial charge in [-0.1, -0.05) is 0 Å². The van der Waals surface area contributed by atoms with Gasteiger partial charge in [0, 0.05) is 18.8 Å². The molecule has 2 rings (SSSR count). The molecule has 1 unspecified atom stereocenters. The number of carbonyl (C=O) groups excluding carboxylic acids is 1. The van der Waals surface area contributed by atoms with Crippen molar-refractivity contribution in [1.82, 2.24) is 9.29 Å². The second-order valence-electron chi connectivity index (χ2n) is 4.19. The maximum atomic E-state index is 12.4. The predicted octanol–water partition coefficient (Wildman–Crippen LogP) is -0.299. The maximum absolute atomic E-state index is 12.4. The summed E-state index contributed by atoms with van der Waals surface area (Å²) in [5, 5.41) is 0. The average Bonchev–Trinajstić information content (AvgIpc) is 2.88. The Morgan fingerprint density at radius 3 is 2.79 bits per heavy atom. The Morgan fingerprint density at radius 1 is 1.47 bits per heavy atom. The number of nitrogens with zero attached hydrogens (tertiary/aromatic N) is 1. The van der Waals surface area contributed by atoms with Crippen molar-refractivity contribution < 1.29 is 17.9 Å². The van der Waals surface area contributed by atoms with Crippen molar-refractivity contribution in [1.29, 1.82) is 0 Å². The molecule has 1 aromatic heterocycles. The number of nitrogens with one attached hydrogen (secondary N) is 1. The van der Waals surface area contributed by atoms with E-state index >= 15 is 0 Å². The summed E-state index contributed by atoms with van der Waals surface area (Å²) >= 11 is 0. The first-order chi connectivity index (χ1) is 8.96. The minimum atomic E-state index is -3.80. The predicted molar refractivity (Wildman–Crippen MR) is 66.0 cm³/mol. The van der Waals surface area contributed by atoms with Gasteiger partial charge >= 0.3 is 5.97 Å². The normalized spacial score (nSPS) is 20.4. The van der Waals surface area contributed by atoms with Crippen LogP contribution >= 0.6 is 0 Å². The van der Waals surface area contributed by atoms with Crippen molar-refractivity contribution in [3.8, 4) is 0 Å². The van der Waals surface area contributed by atoms with E-state index in [1.165, 1.54) is 13.2 Å². The first-order valence-electron chi connectivity index (χ1n) is 5.75. The summed E-state index contributed by atoms with van der Waals surface area (Å²) in [6.07, 6.45) is 2.17. The highest BCUT2D eigenvalue weighted by molar-refractivity contribution is 7.89. The molecular formula is C11H14N2O5S. The van der Waals surface area contributed by atoms with E-state index in [-0.39, 0.29) is 17.0 Å². The fourth-order valence-electron chi connectivity index (χ4n) is 2.09. The molecule has 0 amide bonds. The van der Waals surface area contributed by atoms with Gasteiger partial charge in [0.2, 0.25) is 15.6 Å². The zero-order valence-electron chi connectivity index (χ0n) is 10.3. The second kappa shape index (κ2) is 5.14. The van der Waals surface area contributed by atoms with Crippen LogP contribution < -0.4 is 5.56 Å². The number of hydrogen-bond donors (Lipinski definition) is 1. The fraction of sp³-hybridized carbons (Fsp3) is 0.455. The van der Waals surface area contributed by atoms with Crippen molar-refractivity contribution >= 4 is 16.0 Å². The molecule has 1 saturated heterocycles. The Hall–Kier alpha value is -1.67. The summed E-state index contributed by atoms with van der Waals surface area (Å²) < 4.78 is 30.5. The molecule has 1 N–H and O–H groups in total. The van der Waals surface area contributed by atoms with E-state index in [1.54, 1.807) is 0 Å². The third kappa shape index (κ3) is 2.54. The summed E-state index contributed by atoms with van der Waals surface area (Å²) in [5.41, 5.74) is -0.384. The molecule has 7 nitrogen and oxygen atoms in total. The Balaban J connectivity index is 2.36. The maximum Gasteiger partial charge on any atom is 0.324 e. The molecule has 1 atom stereocenters. The summed E-state index contributed by atoms with van der Waals surface area (Å²) in [6, 6.07) is 1.57. The van der Waals surface area contributed by atoms with Crippen LogP contribution in [0.5, 0.6) is 0 Å². The summed E-state index contributed by atoms with van der Waals surface area (Å²) in [4.78, 5) is 24.8. The molecule has 1 aliphatic heterocycles. The number of sulfonamides is 1. The number of H-pyrrole nitrogens is 1. The largest absolute Gasteiger partial charge is 0.468 e. The van der Waals surface area contributed by atoms with Gasteiger partial charge in [-0.15, -0.1) is 0 Å². The van der Waals surface area contributed by atoms with Crippen LogP contribution in [0.3, 0.4) is 0 Å². The highest BCUT2D eigenvalue weighted by atomic mass is 32.2. The quantitative estimate of drug-likeness (QED) is 0.770. The second-order valence-corrected chi connectivity index (χ2v) is 6.08. The van der Waals surface area contributed by atoms with Gasteiger partial charge in [-0.3, -0.25) is 9.59 Å². The van der Waals surface area contributed by atoms with Gasteiger partial charge in [-0.05, 0) is 18.9 Å². The van der Waals surface area contributed by atoms with Gasteiger partial charge in [0.25, 0.3) is 0 Å². The molecule has 19 heavy (non-hydrogen) atoms. The number of aromatic nitrogens is 1. The minimum Gasteiger partial charge on any atom is -0.468 e. The molecule has 104 valence electrons. The van der Waals surface area contributed by atoms with Gasteiger partial charge in [0.05, 0.1) is 12.0 Å². The fourth-order valence-corrected chi connectivity index (χ4v) is 3.71. The van der Waals surface area contributed by atoms with Gasteiger partial charge in [-0.25, -0.2) is 8.42 Å². The molecule has 0 aromatic carbocycles. The van der Waals surface area contributed by atoms with E-state index < -0.39 is 22.0 Å². The monoisotopic (exact) mass is 286 g/mol. The van der Waals surface area contributed by atoms with Crippen LogP contribution in [0.4, 0.5) is 0 Å². The molecule has 8 heteroatoms. The number of carbonyl (C=O) groups is 1. The molecule has 2 heterocycles. The van der Waals surface area contributed by atoms with Crippen LogP contribution in [0.25, 0.3) is 0 Å². The standard InChI is InChI=1S/C11H14N2O5S/c1-18-11(15)9-3-2-6-13(9)19(16,17)8-4-5-10(14)12-7-8/h4-5,7,9H,2-3,6H2,1H3,(H,12,14). The van der Waals surface area contributed by atoms with Crippen molar-refractivity contribution in [2.24, 2.45) is 0 Å². The van der Waals surface area contributed by atoms with Crippen LogP contribution in [0.15, 0.2) is 28.0 Å². The van der Waals surface area contributed by atoms with E-state index in [2.05, 4.69) is 9.72 Å². The molecule has 0 aliphatic carbocycles. The van der Waals surface area contributed by atoms with Crippen LogP contribution in [-0.2, 0) is 19.6 Å². The van der Waals surface area contributed by atoms with E-state index in [1.807, 2.05) is 0 Å². The van der Waals surface area contributed by atoms with Crippen molar-refractivity contribution in [3.05, 3.63) is 28.7 Å². The van der Waals surface area contributed by atoms with Crippen molar-refractivity contribution in [2.45, 2.75) is 23.8 Å². The molecule has 0 radical (unpaired) electrons. The number of esters is 1. The Morgan fingerprint density at radius 2 is 2.21 bits per heavy atom. The highest BCUT2D eigenvalue weighted by Gasteiger charge is 2.40. The molecule has 0 saturated carbocycles. The summed E-state index contributed by atoms with van der Waals surface area (Å²) in [7, 11) is -2.57. The lowest BCUT2D eigenvalue weighted by Crippen LogP contribution is -2.41.